The van der Waals surface area contributed by atoms with Crippen molar-refractivity contribution in [1.29, 1.82) is 0 Å². The Balaban J connectivity index is 1.66. The van der Waals surface area contributed by atoms with Crippen LogP contribution in [0.5, 0.6) is 11.5 Å². The molecule has 0 aliphatic carbocycles. The van der Waals surface area contributed by atoms with Gasteiger partial charge in [-0.2, -0.15) is 5.10 Å². The summed E-state index contributed by atoms with van der Waals surface area (Å²) in [4.78, 5) is 22.1. The number of likely N-dealkylation sites (tertiary alicyclic amines) is 1. The molecule has 2 aromatic heterocycles. The average Bonchev–Trinajstić information content (AvgIpc) is 3.14. The topological polar surface area (TPSA) is 129 Å². The van der Waals surface area contributed by atoms with Crippen LogP contribution < -0.4 is 15.2 Å². The number of aliphatic hydroxyl groups excluding tert-OH is 1. The lowest BCUT2D eigenvalue weighted by molar-refractivity contribution is -0.131. The van der Waals surface area contributed by atoms with E-state index >= 15 is 0 Å². The molecule has 0 atom stereocenters. The van der Waals surface area contributed by atoms with Crippen LogP contribution in [0.25, 0.3) is 11.0 Å². The fourth-order valence-corrected chi connectivity index (χ4v) is 3.40. The van der Waals surface area contributed by atoms with E-state index in [2.05, 4.69) is 26.9 Å². The van der Waals surface area contributed by atoms with Crippen LogP contribution >= 0.6 is 0 Å². The number of rotatable bonds is 5. The lowest BCUT2D eigenvalue weighted by Gasteiger charge is -2.38. The number of carbonyl (C=O) groups is 1. The first-order chi connectivity index (χ1) is 15.5. The molecule has 0 saturated carbocycles. The van der Waals surface area contributed by atoms with Crippen molar-refractivity contribution in [3.63, 3.8) is 0 Å². The Morgan fingerprint density at radius 3 is 2.59 bits per heavy atom. The molecule has 0 spiro atoms. The minimum Gasteiger partial charge on any atom is -0.497 e. The Bertz CT molecular complexity index is 1230. The number of hydrogen-bond acceptors (Lipinski definition) is 8. The van der Waals surface area contributed by atoms with Gasteiger partial charge in [0.05, 0.1) is 32.3 Å². The summed E-state index contributed by atoms with van der Waals surface area (Å²) in [5.41, 5.74) is 7.81. The zero-order valence-corrected chi connectivity index (χ0v) is 17.6. The number of nitrogens with two attached hydrogens (primary N) is 1. The van der Waals surface area contributed by atoms with E-state index in [0.29, 0.717) is 46.9 Å². The van der Waals surface area contributed by atoms with Crippen molar-refractivity contribution in [2.24, 2.45) is 0 Å². The lowest BCUT2D eigenvalue weighted by atomic mass is 10.1. The molecule has 1 aliphatic rings. The minimum absolute atomic E-state index is 0.0641. The predicted octanol–water partition coefficient (Wildman–Crippen LogP) is 0.757. The van der Waals surface area contributed by atoms with E-state index in [0.717, 1.165) is 0 Å². The van der Waals surface area contributed by atoms with E-state index in [1.54, 1.807) is 42.0 Å². The number of aliphatic hydroxyl groups is 1. The fraction of sp³-hybridized carbons (Fsp3) is 0.273. The lowest BCUT2D eigenvalue weighted by Crippen LogP contribution is -2.50. The number of carbonyl (C=O) groups excluding carboxylic acids is 1. The fourth-order valence-electron chi connectivity index (χ4n) is 3.40. The number of aromatic nitrogens is 4. The normalized spacial score (nSPS) is 13.7. The molecule has 1 aromatic carbocycles. The van der Waals surface area contributed by atoms with Crippen LogP contribution in [0.15, 0.2) is 36.7 Å². The van der Waals surface area contributed by atoms with Crippen molar-refractivity contribution in [2.45, 2.75) is 6.04 Å². The number of nitrogens with zero attached hydrogens (tertiary/aromatic N) is 5. The smallest absolute Gasteiger partial charge is 0.246 e. The Labute approximate surface area is 184 Å². The molecule has 10 heteroatoms. The van der Waals surface area contributed by atoms with Crippen LogP contribution in [0.2, 0.25) is 0 Å². The van der Waals surface area contributed by atoms with E-state index in [1.807, 2.05) is 0 Å². The highest BCUT2D eigenvalue weighted by Gasteiger charge is 2.33. The molecule has 4 rings (SSSR count). The van der Waals surface area contributed by atoms with Gasteiger partial charge in [0.1, 0.15) is 29.3 Å². The van der Waals surface area contributed by atoms with Crippen LogP contribution in [-0.4, -0.2) is 69.6 Å². The standard InChI is InChI=1S/C22H22N6O4/c1-31-16-8-14(9-17(10-16)32-2)5-6-18-20-21(23)24-13-25-22(20)28(26-18)15-11-27(12-15)19(30)4-3-7-29/h3-4,8-10,13,15,29H,7,11-12H2,1-2H3,(H2,23,24,25). The Morgan fingerprint density at radius 2 is 1.94 bits per heavy atom. The number of nitrogen functional groups attached to an aromatic ring is 1. The zero-order chi connectivity index (χ0) is 22.7. The van der Waals surface area contributed by atoms with Crippen molar-refractivity contribution in [1.82, 2.24) is 24.6 Å². The van der Waals surface area contributed by atoms with Crippen molar-refractivity contribution < 1.29 is 19.4 Å². The monoisotopic (exact) mass is 434 g/mol. The van der Waals surface area contributed by atoms with Gasteiger partial charge in [-0.15, -0.1) is 0 Å². The Hall–Kier alpha value is -4.10. The van der Waals surface area contributed by atoms with Gasteiger partial charge in [0.2, 0.25) is 5.91 Å². The highest BCUT2D eigenvalue weighted by molar-refractivity contribution is 5.91. The van der Waals surface area contributed by atoms with Crippen molar-refractivity contribution in [3.8, 4) is 23.3 Å². The second-order valence-corrected chi connectivity index (χ2v) is 7.08. The summed E-state index contributed by atoms with van der Waals surface area (Å²) >= 11 is 0. The van der Waals surface area contributed by atoms with Crippen molar-refractivity contribution >= 4 is 22.8 Å². The molecule has 1 saturated heterocycles. The van der Waals surface area contributed by atoms with Gasteiger partial charge in [0, 0.05) is 30.8 Å². The summed E-state index contributed by atoms with van der Waals surface area (Å²) in [6.07, 6.45) is 4.15. The van der Waals surface area contributed by atoms with Crippen LogP contribution in [0.3, 0.4) is 0 Å². The maximum absolute atomic E-state index is 12.1. The van der Waals surface area contributed by atoms with Crippen LogP contribution in [0, 0.1) is 11.8 Å². The summed E-state index contributed by atoms with van der Waals surface area (Å²) in [6.45, 7) is 0.759. The van der Waals surface area contributed by atoms with E-state index < -0.39 is 0 Å². The number of anilines is 1. The van der Waals surface area contributed by atoms with E-state index in [1.165, 1.54) is 18.5 Å². The molecular weight excluding hydrogens is 412 g/mol. The largest absolute Gasteiger partial charge is 0.497 e. The average molecular weight is 434 g/mol. The molecule has 0 bridgehead atoms. The molecule has 3 N–H and O–H groups in total. The van der Waals surface area contributed by atoms with Gasteiger partial charge in [0.15, 0.2) is 5.65 Å². The molecule has 10 nitrogen and oxygen atoms in total. The SMILES string of the molecule is COc1cc(C#Cc2nn(C3CN(C(=O)C=CCO)C3)c3ncnc(N)c23)cc(OC)c1. The van der Waals surface area contributed by atoms with Gasteiger partial charge in [-0.1, -0.05) is 12.0 Å². The first-order valence-electron chi connectivity index (χ1n) is 9.84. The molecule has 1 fully saturated rings. The van der Waals surface area contributed by atoms with E-state index in [4.69, 9.17) is 20.3 Å². The molecule has 0 unspecified atom stereocenters. The van der Waals surface area contributed by atoms with Gasteiger partial charge in [-0.25, -0.2) is 14.6 Å². The summed E-state index contributed by atoms with van der Waals surface area (Å²) in [5, 5.41) is 14.0. The van der Waals surface area contributed by atoms with Crippen LogP contribution in [-0.2, 0) is 4.79 Å². The summed E-state index contributed by atoms with van der Waals surface area (Å²) in [5.74, 6) is 7.51. The first kappa shape index (κ1) is 21.1. The number of methoxy groups -OCH3 is 2. The number of fused-ring (bicyclic) bond motifs is 1. The molecular formula is C22H22N6O4. The number of benzene rings is 1. The maximum atomic E-state index is 12.1. The van der Waals surface area contributed by atoms with Gasteiger partial charge in [0.25, 0.3) is 0 Å². The molecule has 164 valence electrons. The highest BCUT2D eigenvalue weighted by Crippen LogP contribution is 2.28. The Kier molecular flexibility index (Phi) is 5.91. The third kappa shape index (κ3) is 4.06. The first-order valence-corrected chi connectivity index (χ1v) is 9.84. The third-order valence-corrected chi connectivity index (χ3v) is 5.08. The second-order valence-electron chi connectivity index (χ2n) is 7.08. The minimum atomic E-state index is -0.176. The molecule has 1 amide bonds. The van der Waals surface area contributed by atoms with Gasteiger partial charge < -0.3 is 25.2 Å². The van der Waals surface area contributed by atoms with Gasteiger partial charge >= 0.3 is 0 Å². The molecule has 3 heterocycles. The predicted molar refractivity (Wildman–Crippen MR) is 117 cm³/mol. The van der Waals surface area contributed by atoms with Crippen LogP contribution in [0.4, 0.5) is 5.82 Å². The summed E-state index contributed by atoms with van der Waals surface area (Å²) in [7, 11) is 3.15. The highest BCUT2D eigenvalue weighted by atomic mass is 16.5. The molecule has 3 aromatic rings. The number of hydrogen-bond donors (Lipinski definition) is 2. The Morgan fingerprint density at radius 1 is 1.22 bits per heavy atom. The van der Waals surface area contributed by atoms with E-state index in [9.17, 15) is 4.79 Å². The van der Waals surface area contributed by atoms with Crippen LogP contribution in [0.1, 0.15) is 17.3 Å². The molecule has 1 aliphatic heterocycles. The maximum Gasteiger partial charge on any atom is 0.246 e. The van der Waals surface area contributed by atoms with Gasteiger partial charge in [-0.3, -0.25) is 4.79 Å². The quantitative estimate of drug-likeness (QED) is 0.445. The summed E-state index contributed by atoms with van der Waals surface area (Å²) in [6, 6.07) is 5.29. The van der Waals surface area contributed by atoms with E-state index in [-0.39, 0.29) is 24.4 Å². The second kappa shape index (κ2) is 8.95. The number of ether oxygens (including phenoxy) is 2. The van der Waals surface area contributed by atoms with Crippen molar-refractivity contribution in [2.75, 3.05) is 39.6 Å². The zero-order valence-electron chi connectivity index (χ0n) is 17.6. The van der Waals surface area contributed by atoms with Gasteiger partial charge in [-0.05, 0) is 18.1 Å². The molecule has 0 radical (unpaired) electrons. The molecule has 32 heavy (non-hydrogen) atoms. The number of amides is 1. The van der Waals surface area contributed by atoms with Crippen molar-refractivity contribution in [3.05, 3.63) is 47.9 Å². The summed E-state index contributed by atoms with van der Waals surface area (Å²) < 4.78 is 12.3. The third-order valence-electron chi connectivity index (χ3n) is 5.08.